The largest absolute Gasteiger partial charge is 0.456 e. The van der Waals surface area contributed by atoms with Crippen molar-refractivity contribution in [1.29, 1.82) is 0 Å². The molecule has 4 aromatic heterocycles. The Balaban J connectivity index is 1.13. The van der Waals surface area contributed by atoms with Gasteiger partial charge in [-0.2, -0.15) is 0 Å². The molecular weight excluding hydrogens is 717 g/mol. The predicted molar refractivity (Wildman–Crippen MR) is 236 cm³/mol. The van der Waals surface area contributed by atoms with Crippen molar-refractivity contribution in [3.63, 3.8) is 0 Å². The van der Waals surface area contributed by atoms with E-state index >= 15 is 0 Å². The molecule has 0 aliphatic heterocycles. The molecule has 0 N–H and O–H groups in total. The van der Waals surface area contributed by atoms with E-state index in [1.54, 1.807) is 0 Å². The third-order valence-electron chi connectivity index (χ3n) is 11.0. The van der Waals surface area contributed by atoms with Crippen LogP contribution >= 0.6 is 11.3 Å². The zero-order valence-electron chi connectivity index (χ0n) is 30.4. The molecule has 0 spiro atoms. The lowest BCUT2D eigenvalue weighted by atomic mass is 10.0. The number of para-hydroxylation sites is 1. The van der Waals surface area contributed by atoms with Gasteiger partial charge >= 0.3 is 0 Å². The molecule has 0 atom stereocenters. The zero-order valence-corrected chi connectivity index (χ0v) is 31.2. The van der Waals surface area contributed by atoms with Crippen molar-refractivity contribution in [3.05, 3.63) is 182 Å². The van der Waals surface area contributed by atoms with Gasteiger partial charge in [0.25, 0.3) is 0 Å². The number of fused-ring (bicyclic) bond motifs is 10. The summed E-state index contributed by atoms with van der Waals surface area (Å²) in [6.45, 7) is 0. The summed E-state index contributed by atoms with van der Waals surface area (Å²) >= 11 is 1.87. The molecule has 0 bridgehead atoms. The molecule has 57 heavy (non-hydrogen) atoms. The molecule has 8 aromatic carbocycles. The Morgan fingerprint density at radius 1 is 0.386 bits per heavy atom. The summed E-state index contributed by atoms with van der Waals surface area (Å²) in [5.74, 6) is 1.83. The summed E-state index contributed by atoms with van der Waals surface area (Å²) in [7, 11) is 0. The quantitative estimate of drug-likeness (QED) is 0.176. The second kappa shape index (κ2) is 12.6. The first-order valence-electron chi connectivity index (χ1n) is 19.0. The summed E-state index contributed by atoms with van der Waals surface area (Å²) in [5.41, 5.74) is 9.91. The smallest absolute Gasteiger partial charge is 0.164 e. The first-order valence-corrected chi connectivity index (χ1v) is 19.8. The van der Waals surface area contributed by atoms with E-state index in [1.807, 2.05) is 72.0 Å². The summed E-state index contributed by atoms with van der Waals surface area (Å²) in [4.78, 5) is 14.9. The van der Waals surface area contributed by atoms with Crippen molar-refractivity contribution in [2.24, 2.45) is 0 Å². The van der Waals surface area contributed by atoms with E-state index in [0.29, 0.717) is 17.5 Å². The van der Waals surface area contributed by atoms with E-state index in [1.165, 1.54) is 36.5 Å². The van der Waals surface area contributed by atoms with Crippen LogP contribution in [-0.2, 0) is 0 Å². The Morgan fingerprint density at radius 2 is 0.965 bits per heavy atom. The number of benzene rings is 8. The molecule has 0 fully saturated rings. The number of nitrogens with zero attached hydrogens (tertiary/aromatic N) is 4. The second-order valence-corrected chi connectivity index (χ2v) is 15.4. The molecule has 5 nitrogen and oxygen atoms in total. The molecule has 0 radical (unpaired) electrons. The molecule has 0 amide bonds. The van der Waals surface area contributed by atoms with Crippen LogP contribution in [-0.4, -0.2) is 19.5 Å². The molecule has 4 heterocycles. The number of aromatic nitrogens is 4. The summed E-state index contributed by atoms with van der Waals surface area (Å²) in [6.07, 6.45) is 0. The summed E-state index contributed by atoms with van der Waals surface area (Å²) < 4.78 is 11.9. The molecular formula is C51H30N4OS. The van der Waals surface area contributed by atoms with Gasteiger partial charge in [-0.15, -0.1) is 11.3 Å². The van der Waals surface area contributed by atoms with Crippen molar-refractivity contribution >= 4 is 75.3 Å². The van der Waals surface area contributed by atoms with Crippen molar-refractivity contribution in [1.82, 2.24) is 19.5 Å². The van der Waals surface area contributed by atoms with E-state index in [2.05, 4.69) is 126 Å². The number of hydrogen-bond donors (Lipinski definition) is 0. The molecule has 0 aliphatic carbocycles. The standard InChI is InChI=1S/C51H30N4OS/c1-4-14-31(15-5-1)35-28-42(55-40-22-12-10-21-38(40)47-41(55)27-26-37-36-20-11-13-23-45(36)57-48(37)47)46-39-25-24-34(29-43(39)56-44(46)30-35)51-53-49(32-16-6-2-7-17-32)52-50(54-51)33-18-8-3-9-19-33/h1-30H. The van der Waals surface area contributed by atoms with E-state index in [4.69, 9.17) is 19.4 Å². The van der Waals surface area contributed by atoms with E-state index in [0.717, 1.165) is 61.0 Å². The van der Waals surface area contributed by atoms with Crippen LogP contribution in [0.4, 0.5) is 0 Å². The fourth-order valence-electron chi connectivity index (χ4n) is 8.43. The highest BCUT2D eigenvalue weighted by atomic mass is 32.1. The highest BCUT2D eigenvalue weighted by molar-refractivity contribution is 7.26. The Hall–Kier alpha value is -7.41. The fourth-order valence-corrected chi connectivity index (χ4v) is 9.69. The van der Waals surface area contributed by atoms with Gasteiger partial charge in [-0.05, 0) is 53.6 Å². The van der Waals surface area contributed by atoms with Gasteiger partial charge in [-0.3, -0.25) is 0 Å². The maximum atomic E-state index is 6.90. The second-order valence-electron chi connectivity index (χ2n) is 14.4. The lowest BCUT2D eigenvalue weighted by Crippen LogP contribution is -2.00. The first-order chi connectivity index (χ1) is 28.2. The van der Waals surface area contributed by atoms with Crippen molar-refractivity contribution in [2.45, 2.75) is 0 Å². The number of hydrogen-bond acceptors (Lipinski definition) is 5. The Labute approximate surface area is 330 Å². The molecule has 12 rings (SSSR count). The SMILES string of the molecule is c1ccc(-c2cc(-n3c4ccccc4c4c5sc6ccccc6c5ccc43)c3c(c2)oc2cc(-c4nc(-c5ccccc5)nc(-c5ccccc5)n4)ccc23)cc1. The molecule has 0 saturated carbocycles. The van der Waals surface area contributed by atoms with Crippen LogP contribution in [0.15, 0.2) is 186 Å². The molecule has 0 saturated heterocycles. The Bertz CT molecular complexity index is 3460. The Morgan fingerprint density at radius 3 is 1.68 bits per heavy atom. The maximum absolute atomic E-state index is 6.90. The highest BCUT2D eigenvalue weighted by Crippen LogP contribution is 2.46. The third-order valence-corrected chi connectivity index (χ3v) is 12.2. The van der Waals surface area contributed by atoms with Crippen LogP contribution in [0.5, 0.6) is 0 Å². The van der Waals surface area contributed by atoms with Crippen LogP contribution in [0.2, 0.25) is 0 Å². The van der Waals surface area contributed by atoms with Gasteiger partial charge in [0.1, 0.15) is 11.2 Å². The minimum Gasteiger partial charge on any atom is -0.456 e. The Kier molecular flexibility index (Phi) is 7.03. The zero-order chi connectivity index (χ0) is 37.5. The van der Waals surface area contributed by atoms with Crippen LogP contribution in [0.3, 0.4) is 0 Å². The molecule has 266 valence electrons. The molecule has 6 heteroatoms. The van der Waals surface area contributed by atoms with Crippen molar-refractivity contribution < 1.29 is 4.42 Å². The van der Waals surface area contributed by atoms with E-state index < -0.39 is 0 Å². The number of rotatable bonds is 5. The fraction of sp³-hybridized carbons (Fsp3) is 0. The highest BCUT2D eigenvalue weighted by Gasteiger charge is 2.22. The van der Waals surface area contributed by atoms with E-state index in [-0.39, 0.29) is 0 Å². The number of thiophene rings is 1. The van der Waals surface area contributed by atoms with Gasteiger partial charge in [0.15, 0.2) is 17.5 Å². The lowest BCUT2D eigenvalue weighted by molar-refractivity contribution is 0.669. The van der Waals surface area contributed by atoms with Gasteiger partial charge in [0.2, 0.25) is 0 Å². The average Bonchev–Trinajstić information content (AvgIpc) is 3.96. The van der Waals surface area contributed by atoms with Crippen LogP contribution < -0.4 is 0 Å². The van der Waals surface area contributed by atoms with E-state index in [9.17, 15) is 0 Å². The minimum atomic E-state index is 0.588. The molecule has 0 aliphatic rings. The van der Waals surface area contributed by atoms with Crippen molar-refractivity contribution in [2.75, 3.05) is 0 Å². The maximum Gasteiger partial charge on any atom is 0.164 e. The summed E-state index contributed by atoms with van der Waals surface area (Å²) in [5, 5.41) is 7.18. The van der Waals surface area contributed by atoms with Gasteiger partial charge < -0.3 is 8.98 Å². The third kappa shape index (κ3) is 5.04. The summed E-state index contributed by atoms with van der Waals surface area (Å²) in [6, 6.07) is 63.7. The van der Waals surface area contributed by atoms with Crippen molar-refractivity contribution in [3.8, 4) is 51.0 Å². The monoisotopic (exact) mass is 746 g/mol. The topological polar surface area (TPSA) is 56.7 Å². The van der Waals surface area contributed by atoms with Crippen LogP contribution in [0.1, 0.15) is 0 Å². The van der Waals surface area contributed by atoms with Gasteiger partial charge in [0.05, 0.1) is 22.1 Å². The molecule has 0 unspecified atom stereocenters. The lowest BCUT2D eigenvalue weighted by Gasteiger charge is -2.13. The first kappa shape index (κ1) is 31.9. The number of furan rings is 1. The van der Waals surface area contributed by atoms with Gasteiger partial charge in [-0.25, -0.2) is 15.0 Å². The van der Waals surface area contributed by atoms with Crippen LogP contribution in [0, 0.1) is 0 Å². The minimum absolute atomic E-state index is 0.588. The van der Waals surface area contributed by atoms with Crippen LogP contribution in [0.25, 0.3) is 115 Å². The normalized spacial score (nSPS) is 11.9. The average molecular weight is 747 g/mol. The predicted octanol–water partition coefficient (Wildman–Crippen LogP) is 13.9. The molecule has 12 aromatic rings. The van der Waals surface area contributed by atoms with Gasteiger partial charge in [-0.1, -0.05) is 140 Å². The van der Waals surface area contributed by atoms with Gasteiger partial charge in [0, 0.05) is 53.0 Å².